The first-order valence-corrected chi connectivity index (χ1v) is 9.89. The van der Waals surface area contributed by atoms with Crippen LogP contribution in [0.1, 0.15) is 16.8 Å². The number of carbonyl (C=O) groups excluding carboxylic acids is 1. The highest BCUT2D eigenvalue weighted by Crippen LogP contribution is 2.34. The summed E-state index contributed by atoms with van der Waals surface area (Å²) in [4.78, 5) is 21.9. The fourth-order valence-electron chi connectivity index (χ4n) is 2.93. The Morgan fingerprint density at radius 1 is 1.07 bits per heavy atom. The zero-order valence-electron chi connectivity index (χ0n) is 17.0. The molecule has 0 bridgehead atoms. The van der Waals surface area contributed by atoms with Crippen molar-refractivity contribution in [3.63, 3.8) is 0 Å². The molecule has 2 aromatic carbocycles. The number of carbonyl (C=O) groups is 1. The first-order valence-electron chi connectivity index (χ1n) is 9.07. The van der Waals surface area contributed by atoms with Gasteiger partial charge in [0.1, 0.15) is 17.0 Å². The molecule has 0 atom stereocenters. The number of aromatic nitrogens is 1. The molecule has 0 fully saturated rings. The third-order valence-electron chi connectivity index (χ3n) is 4.37. The quantitative estimate of drug-likeness (QED) is 0.527. The maximum absolute atomic E-state index is 13.3. The van der Waals surface area contributed by atoms with Crippen LogP contribution < -0.4 is 14.4 Å². The number of halogens is 1. The van der Waals surface area contributed by atoms with Crippen molar-refractivity contribution in [3.05, 3.63) is 48.0 Å². The van der Waals surface area contributed by atoms with Gasteiger partial charge in [-0.2, -0.15) is 0 Å². The maximum atomic E-state index is 13.3. The minimum absolute atomic E-state index is 0. The van der Waals surface area contributed by atoms with Crippen LogP contribution in [0, 0.1) is 0 Å². The van der Waals surface area contributed by atoms with Crippen LogP contribution in [-0.2, 0) is 0 Å². The lowest BCUT2D eigenvalue weighted by molar-refractivity contribution is 0.0985. The van der Waals surface area contributed by atoms with Crippen LogP contribution in [0.15, 0.2) is 42.5 Å². The molecule has 0 N–H and O–H groups in total. The fourth-order valence-corrected chi connectivity index (χ4v) is 3.94. The molecule has 6 nitrogen and oxygen atoms in total. The van der Waals surface area contributed by atoms with E-state index in [1.165, 1.54) is 11.3 Å². The largest absolute Gasteiger partial charge is 0.497 e. The van der Waals surface area contributed by atoms with E-state index < -0.39 is 0 Å². The van der Waals surface area contributed by atoms with E-state index in [0.29, 0.717) is 28.7 Å². The van der Waals surface area contributed by atoms with Gasteiger partial charge in [-0.25, -0.2) is 4.98 Å². The molecule has 156 valence electrons. The molecule has 0 spiro atoms. The van der Waals surface area contributed by atoms with Crippen molar-refractivity contribution < 1.29 is 14.3 Å². The Hall–Kier alpha value is -2.35. The van der Waals surface area contributed by atoms with Gasteiger partial charge in [-0.05, 0) is 57.4 Å². The first kappa shape index (κ1) is 22.9. The van der Waals surface area contributed by atoms with Crippen molar-refractivity contribution in [2.75, 3.05) is 46.3 Å². The van der Waals surface area contributed by atoms with Gasteiger partial charge in [0.2, 0.25) is 0 Å². The smallest absolute Gasteiger partial charge is 0.260 e. The van der Waals surface area contributed by atoms with Crippen LogP contribution in [0.4, 0.5) is 5.13 Å². The third kappa shape index (κ3) is 5.38. The van der Waals surface area contributed by atoms with Gasteiger partial charge in [0.05, 0.1) is 18.9 Å². The highest BCUT2D eigenvalue weighted by atomic mass is 35.5. The molecule has 0 saturated carbocycles. The number of rotatable bonds is 8. The van der Waals surface area contributed by atoms with Crippen molar-refractivity contribution in [2.45, 2.75) is 6.42 Å². The van der Waals surface area contributed by atoms with Gasteiger partial charge in [-0.3, -0.25) is 9.69 Å². The molecule has 1 heterocycles. The van der Waals surface area contributed by atoms with Crippen molar-refractivity contribution >= 4 is 45.0 Å². The number of nitrogens with zero attached hydrogens (tertiary/aromatic N) is 3. The molecule has 29 heavy (non-hydrogen) atoms. The summed E-state index contributed by atoms with van der Waals surface area (Å²) in [5.41, 5.74) is 1.36. The molecule has 0 saturated heterocycles. The van der Waals surface area contributed by atoms with Crippen molar-refractivity contribution in [2.24, 2.45) is 0 Å². The number of hydrogen-bond donors (Lipinski definition) is 0. The minimum Gasteiger partial charge on any atom is -0.497 e. The summed E-state index contributed by atoms with van der Waals surface area (Å²) in [6, 6.07) is 13.0. The summed E-state index contributed by atoms with van der Waals surface area (Å²) in [6.07, 6.45) is 0.843. The minimum atomic E-state index is -0.0873. The summed E-state index contributed by atoms with van der Waals surface area (Å²) in [6.45, 7) is 1.46. The number of thiazole rings is 1. The van der Waals surface area contributed by atoms with E-state index in [2.05, 4.69) is 4.90 Å². The number of fused-ring (bicyclic) bond motifs is 1. The van der Waals surface area contributed by atoms with E-state index in [9.17, 15) is 4.79 Å². The van der Waals surface area contributed by atoms with Crippen LogP contribution in [0.5, 0.6) is 11.5 Å². The number of hydrogen-bond acceptors (Lipinski definition) is 6. The predicted molar refractivity (Wildman–Crippen MR) is 121 cm³/mol. The molecule has 0 aliphatic heterocycles. The molecule has 3 aromatic rings. The average molecular weight is 436 g/mol. The molecule has 0 radical (unpaired) electrons. The monoisotopic (exact) mass is 435 g/mol. The second-order valence-electron chi connectivity index (χ2n) is 6.65. The van der Waals surface area contributed by atoms with Crippen molar-refractivity contribution in [3.8, 4) is 11.5 Å². The number of para-hydroxylation sites is 1. The molecule has 8 heteroatoms. The molecule has 0 aliphatic carbocycles. The zero-order chi connectivity index (χ0) is 20.1. The highest BCUT2D eigenvalue weighted by molar-refractivity contribution is 7.22. The molecule has 1 amide bonds. The number of methoxy groups -OCH3 is 2. The highest BCUT2D eigenvalue weighted by Gasteiger charge is 2.22. The molecular formula is C21H26ClN3O3S. The van der Waals surface area contributed by atoms with Crippen LogP contribution in [0.3, 0.4) is 0 Å². The number of benzene rings is 2. The van der Waals surface area contributed by atoms with Gasteiger partial charge >= 0.3 is 0 Å². The molecular weight excluding hydrogens is 410 g/mol. The Kier molecular flexibility index (Phi) is 8.25. The van der Waals surface area contributed by atoms with Crippen LogP contribution in [0.2, 0.25) is 0 Å². The maximum Gasteiger partial charge on any atom is 0.260 e. The fraction of sp³-hybridized carbons (Fsp3) is 0.333. The van der Waals surface area contributed by atoms with Gasteiger partial charge < -0.3 is 14.4 Å². The number of anilines is 1. The van der Waals surface area contributed by atoms with Gasteiger partial charge in [0, 0.05) is 12.1 Å². The lowest BCUT2D eigenvalue weighted by Crippen LogP contribution is -2.33. The van der Waals surface area contributed by atoms with Gasteiger partial charge in [0.15, 0.2) is 5.13 Å². The summed E-state index contributed by atoms with van der Waals surface area (Å²) in [5.74, 6) is 1.28. The lowest BCUT2D eigenvalue weighted by atomic mass is 10.2. The lowest BCUT2D eigenvalue weighted by Gasteiger charge is -2.21. The summed E-state index contributed by atoms with van der Waals surface area (Å²) < 4.78 is 11.7. The van der Waals surface area contributed by atoms with E-state index in [1.807, 2.05) is 44.4 Å². The van der Waals surface area contributed by atoms with E-state index in [4.69, 9.17) is 14.5 Å². The zero-order valence-corrected chi connectivity index (χ0v) is 18.7. The SMILES string of the molecule is COc1cccc(C(=O)N(CCCN(C)C)c2nc3c(OC)cccc3s2)c1.Cl. The second kappa shape index (κ2) is 10.4. The Bertz CT molecular complexity index is 961. The summed E-state index contributed by atoms with van der Waals surface area (Å²) in [7, 11) is 7.27. The molecule has 0 unspecified atom stereocenters. The van der Waals surface area contributed by atoms with Crippen molar-refractivity contribution in [1.29, 1.82) is 0 Å². The Morgan fingerprint density at radius 3 is 2.52 bits per heavy atom. The molecule has 1 aromatic heterocycles. The molecule has 0 aliphatic rings. The number of amides is 1. The van der Waals surface area contributed by atoms with Gasteiger partial charge in [-0.1, -0.05) is 23.5 Å². The summed E-state index contributed by atoms with van der Waals surface area (Å²) >= 11 is 1.50. The summed E-state index contributed by atoms with van der Waals surface area (Å²) in [5, 5.41) is 0.672. The van der Waals surface area contributed by atoms with Crippen LogP contribution in [-0.4, -0.2) is 57.2 Å². The van der Waals surface area contributed by atoms with E-state index >= 15 is 0 Å². The second-order valence-corrected chi connectivity index (χ2v) is 7.66. The topological polar surface area (TPSA) is 54.9 Å². The van der Waals surface area contributed by atoms with Gasteiger partial charge in [-0.15, -0.1) is 12.4 Å². The van der Waals surface area contributed by atoms with Crippen LogP contribution >= 0.6 is 23.7 Å². The van der Waals surface area contributed by atoms with E-state index in [1.54, 1.807) is 31.3 Å². The predicted octanol–water partition coefficient (Wildman–Crippen LogP) is 4.33. The van der Waals surface area contributed by atoms with Crippen molar-refractivity contribution in [1.82, 2.24) is 9.88 Å². The normalized spacial score (nSPS) is 10.7. The third-order valence-corrected chi connectivity index (χ3v) is 5.41. The first-order chi connectivity index (χ1) is 13.5. The average Bonchev–Trinajstić information content (AvgIpc) is 3.14. The molecule has 3 rings (SSSR count). The van der Waals surface area contributed by atoms with Crippen LogP contribution in [0.25, 0.3) is 10.2 Å². The number of ether oxygens (including phenoxy) is 2. The standard InChI is InChI=1S/C21H25N3O3S.ClH/c1-23(2)12-7-13-24(20(25)15-8-5-9-16(14-15)26-3)21-22-19-17(27-4)10-6-11-18(19)28-21;/h5-6,8-11,14H,7,12-13H2,1-4H3;1H. The van der Waals surface area contributed by atoms with E-state index in [-0.39, 0.29) is 18.3 Å². The Balaban J connectivity index is 0.00000300. The van der Waals surface area contributed by atoms with Gasteiger partial charge in [0.25, 0.3) is 5.91 Å². The van der Waals surface area contributed by atoms with E-state index in [0.717, 1.165) is 23.2 Å². The Morgan fingerprint density at radius 2 is 1.83 bits per heavy atom. The Labute approximate surface area is 181 Å².